The van der Waals surface area contributed by atoms with Gasteiger partial charge < -0.3 is 5.32 Å². The third-order valence-corrected chi connectivity index (χ3v) is 4.16. The van der Waals surface area contributed by atoms with Crippen LogP contribution in [0.25, 0.3) is 0 Å². The molecule has 6 heteroatoms. The lowest BCUT2D eigenvalue weighted by Gasteiger charge is -2.19. The zero-order chi connectivity index (χ0) is 13.8. The van der Waals surface area contributed by atoms with Gasteiger partial charge in [-0.1, -0.05) is 6.92 Å². The summed E-state index contributed by atoms with van der Waals surface area (Å²) in [6, 6.07) is 2.13. The van der Waals surface area contributed by atoms with Crippen molar-refractivity contribution >= 4 is 27.3 Å². The van der Waals surface area contributed by atoms with Crippen molar-refractivity contribution in [3.05, 3.63) is 50.4 Å². The average molecular weight is 347 g/mol. The molecule has 0 fully saturated rings. The largest absolute Gasteiger partial charge is 0.305 e. The predicted molar refractivity (Wildman–Crippen MR) is 76.3 cm³/mol. The van der Waals surface area contributed by atoms with Gasteiger partial charge in [0.25, 0.3) is 0 Å². The number of halogens is 3. The molecule has 1 aromatic heterocycles. The van der Waals surface area contributed by atoms with Crippen molar-refractivity contribution in [2.45, 2.75) is 19.4 Å². The molecular weight excluding hydrogens is 334 g/mol. The number of benzene rings is 1. The van der Waals surface area contributed by atoms with Gasteiger partial charge in [0.05, 0.1) is 16.0 Å². The molecule has 0 radical (unpaired) electrons. The minimum absolute atomic E-state index is 0.0343. The van der Waals surface area contributed by atoms with Gasteiger partial charge in [-0.05, 0) is 41.0 Å². The van der Waals surface area contributed by atoms with Crippen LogP contribution in [-0.2, 0) is 0 Å². The van der Waals surface area contributed by atoms with Crippen molar-refractivity contribution in [3.8, 4) is 0 Å². The van der Waals surface area contributed by atoms with Crippen molar-refractivity contribution in [1.29, 1.82) is 0 Å². The lowest BCUT2D eigenvalue weighted by molar-refractivity contribution is 0.503. The number of thiazole rings is 1. The zero-order valence-corrected chi connectivity index (χ0v) is 12.7. The van der Waals surface area contributed by atoms with Crippen LogP contribution in [-0.4, -0.2) is 11.5 Å². The highest BCUT2D eigenvalue weighted by atomic mass is 79.9. The van der Waals surface area contributed by atoms with Crippen LogP contribution in [0, 0.1) is 11.6 Å². The number of nitrogens with one attached hydrogen (secondary N) is 1. The third-order valence-electron chi connectivity index (χ3n) is 2.70. The monoisotopic (exact) mass is 346 g/mol. The van der Waals surface area contributed by atoms with E-state index in [0.717, 1.165) is 11.3 Å². The second-order valence-corrected chi connectivity index (χ2v) is 5.82. The van der Waals surface area contributed by atoms with E-state index in [-0.39, 0.29) is 10.0 Å². The van der Waals surface area contributed by atoms with Crippen molar-refractivity contribution < 1.29 is 8.78 Å². The Hall–Kier alpha value is -0.850. The summed E-state index contributed by atoms with van der Waals surface area (Å²) in [7, 11) is 0. The molecule has 0 aliphatic carbocycles. The summed E-state index contributed by atoms with van der Waals surface area (Å²) >= 11 is 4.48. The number of rotatable bonds is 5. The molecule has 2 aromatic rings. The van der Waals surface area contributed by atoms with Crippen molar-refractivity contribution in [2.24, 2.45) is 0 Å². The van der Waals surface area contributed by atoms with Crippen LogP contribution in [0.15, 0.2) is 28.3 Å². The summed E-state index contributed by atoms with van der Waals surface area (Å²) in [4.78, 5) is 4.78. The lowest BCUT2D eigenvalue weighted by atomic mass is 10.0. The first-order valence-corrected chi connectivity index (χ1v) is 7.57. The molecule has 1 N–H and O–H groups in total. The Kier molecular flexibility index (Phi) is 5.01. The molecule has 1 unspecified atom stereocenters. The maximum absolute atomic E-state index is 14.2. The van der Waals surface area contributed by atoms with Crippen LogP contribution in [0.4, 0.5) is 8.78 Å². The maximum atomic E-state index is 14.2. The van der Waals surface area contributed by atoms with E-state index < -0.39 is 17.7 Å². The first-order chi connectivity index (χ1) is 9.15. The van der Waals surface area contributed by atoms with Crippen molar-refractivity contribution in [2.75, 3.05) is 6.54 Å². The molecule has 0 spiro atoms. The minimum Gasteiger partial charge on any atom is -0.305 e. The molecule has 1 heterocycles. The highest BCUT2D eigenvalue weighted by molar-refractivity contribution is 9.10. The third kappa shape index (κ3) is 3.19. The Labute approximate surface area is 123 Å². The van der Waals surface area contributed by atoms with Crippen LogP contribution < -0.4 is 5.32 Å². The zero-order valence-electron chi connectivity index (χ0n) is 10.3. The second-order valence-electron chi connectivity index (χ2n) is 4.05. The Morgan fingerprint density at radius 2 is 2.21 bits per heavy atom. The maximum Gasteiger partial charge on any atom is 0.145 e. The average Bonchev–Trinajstić information content (AvgIpc) is 2.92. The molecule has 2 rings (SSSR count). The number of hydrogen-bond donors (Lipinski definition) is 1. The van der Waals surface area contributed by atoms with Gasteiger partial charge in [-0.25, -0.2) is 8.78 Å². The standard InChI is InChI=1S/C13H13BrF2N2S/c1-2-5-18-13(10-6-17-7-19-10)11-9(15)4-3-8(14)12(11)16/h3-4,6-7,13,18H,2,5H2,1H3. The molecule has 2 nitrogen and oxygen atoms in total. The van der Waals surface area contributed by atoms with Gasteiger partial charge in [0.15, 0.2) is 0 Å². The molecule has 102 valence electrons. The van der Waals surface area contributed by atoms with E-state index in [4.69, 9.17) is 0 Å². The minimum atomic E-state index is -0.568. The van der Waals surface area contributed by atoms with Gasteiger partial charge in [-0.15, -0.1) is 11.3 Å². The summed E-state index contributed by atoms with van der Waals surface area (Å²) in [6.07, 6.45) is 2.52. The molecule has 0 amide bonds. The van der Waals surface area contributed by atoms with Crippen molar-refractivity contribution in [1.82, 2.24) is 10.3 Å². The molecule has 1 aromatic carbocycles. The molecule has 0 saturated carbocycles. The van der Waals surface area contributed by atoms with E-state index in [1.54, 1.807) is 11.7 Å². The van der Waals surface area contributed by atoms with E-state index in [1.165, 1.54) is 23.5 Å². The smallest absolute Gasteiger partial charge is 0.145 e. The van der Waals surface area contributed by atoms with E-state index in [9.17, 15) is 8.78 Å². The predicted octanol–water partition coefficient (Wildman–Crippen LogP) is 4.27. The molecule has 0 aliphatic heterocycles. The van der Waals surface area contributed by atoms with Gasteiger partial charge in [0.1, 0.15) is 11.6 Å². The fourth-order valence-corrected chi connectivity index (χ4v) is 2.86. The van der Waals surface area contributed by atoms with Gasteiger partial charge in [0.2, 0.25) is 0 Å². The van der Waals surface area contributed by atoms with E-state index in [1.807, 2.05) is 6.92 Å². The van der Waals surface area contributed by atoms with Gasteiger partial charge in [-0.3, -0.25) is 4.98 Å². The Morgan fingerprint density at radius 1 is 1.42 bits per heavy atom. The highest BCUT2D eigenvalue weighted by Crippen LogP contribution is 2.32. The normalized spacial score (nSPS) is 12.6. The van der Waals surface area contributed by atoms with E-state index >= 15 is 0 Å². The Balaban J connectivity index is 2.46. The van der Waals surface area contributed by atoms with Crippen LogP contribution in [0.3, 0.4) is 0 Å². The second kappa shape index (κ2) is 6.54. The van der Waals surface area contributed by atoms with E-state index in [0.29, 0.717) is 6.54 Å². The number of hydrogen-bond acceptors (Lipinski definition) is 3. The van der Waals surface area contributed by atoms with E-state index in [2.05, 4.69) is 26.2 Å². The van der Waals surface area contributed by atoms with Crippen molar-refractivity contribution in [3.63, 3.8) is 0 Å². The molecule has 0 aliphatic rings. The van der Waals surface area contributed by atoms with Crippen LogP contribution in [0.5, 0.6) is 0 Å². The van der Waals surface area contributed by atoms with Crippen LogP contribution >= 0.6 is 27.3 Å². The fraction of sp³-hybridized carbons (Fsp3) is 0.308. The van der Waals surface area contributed by atoms with Gasteiger partial charge in [0, 0.05) is 16.6 Å². The SMILES string of the molecule is CCCNC(c1cncs1)c1c(F)ccc(Br)c1F. The lowest BCUT2D eigenvalue weighted by Crippen LogP contribution is -2.24. The van der Waals surface area contributed by atoms with Gasteiger partial charge in [-0.2, -0.15) is 0 Å². The highest BCUT2D eigenvalue weighted by Gasteiger charge is 2.24. The first-order valence-electron chi connectivity index (χ1n) is 5.90. The van der Waals surface area contributed by atoms with Crippen LogP contribution in [0.2, 0.25) is 0 Å². The Bertz CT molecular complexity index is 546. The first kappa shape index (κ1) is 14.6. The summed E-state index contributed by atoms with van der Waals surface area (Å²) in [5, 5.41) is 3.17. The summed E-state index contributed by atoms with van der Waals surface area (Å²) < 4.78 is 28.4. The molecule has 0 bridgehead atoms. The quantitative estimate of drug-likeness (QED) is 0.817. The molecule has 1 atom stereocenters. The summed E-state index contributed by atoms with van der Waals surface area (Å²) in [6.45, 7) is 2.68. The topological polar surface area (TPSA) is 24.9 Å². The van der Waals surface area contributed by atoms with Crippen LogP contribution in [0.1, 0.15) is 29.8 Å². The fourth-order valence-electron chi connectivity index (χ4n) is 1.81. The number of nitrogens with zero attached hydrogens (tertiary/aromatic N) is 1. The molecule has 19 heavy (non-hydrogen) atoms. The number of aromatic nitrogens is 1. The summed E-state index contributed by atoms with van der Waals surface area (Å²) in [5.41, 5.74) is 1.69. The molecular formula is C13H13BrF2N2S. The summed E-state index contributed by atoms with van der Waals surface area (Å²) in [5.74, 6) is -1.12. The molecule has 0 saturated heterocycles. The van der Waals surface area contributed by atoms with Gasteiger partial charge >= 0.3 is 0 Å². The Morgan fingerprint density at radius 3 is 2.84 bits per heavy atom.